The molecule has 0 unspecified atom stereocenters. The Labute approximate surface area is 170 Å². The van der Waals surface area contributed by atoms with Gasteiger partial charge in [-0.25, -0.2) is 5.43 Å². The molecule has 0 atom stereocenters. The van der Waals surface area contributed by atoms with Crippen LogP contribution in [0, 0.1) is 12.3 Å². The fourth-order valence-corrected chi connectivity index (χ4v) is 2.51. The molecule has 0 saturated heterocycles. The van der Waals surface area contributed by atoms with Crippen molar-refractivity contribution in [1.29, 1.82) is 0 Å². The van der Waals surface area contributed by atoms with Crippen molar-refractivity contribution in [2.24, 2.45) is 5.10 Å². The van der Waals surface area contributed by atoms with Crippen LogP contribution in [0.4, 0.5) is 0 Å². The van der Waals surface area contributed by atoms with Gasteiger partial charge in [0.2, 0.25) is 0 Å². The molecule has 3 rings (SSSR count). The second kappa shape index (κ2) is 10.3. The first kappa shape index (κ1) is 19.7. The number of carbonyl (C=O) groups excluding carboxylic acids is 1. The lowest BCUT2D eigenvalue weighted by molar-refractivity contribution is 0.0955. The first-order chi connectivity index (χ1) is 14.3. The summed E-state index contributed by atoms with van der Waals surface area (Å²) in [6.45, 7) is 0.633. The van der Waals surface area contributed by atoms with Gasteiger partial charge in [-0.05, 0) is 42.0 Å². The normalized spacial score (nSPS) is 10.3. The first-order valence-electron chi connectivity index (χ1n) is 9.02. The maximum atomic E-state index is 12.3. The molecule has 29 heavy (non-hydrogen) atoms. The maximum absolute atomic E-state index is 12.3. The van der Waals surface area contributed by atoms with E-state index in [1.54, 1.807) is 30.3 Å². The molecule has 0 spiro atoms. The summed E-state index contributed by atoms with van der Waals surface area (Å²) in [4.78, 5) is 12.3. The van der Waals surface area contributed by atoms with Gasteiger partial charge >= 0.3 is 0 Å². The number of terminal acetylenes is 1. The molecule has 144 valence electrons. The predicted octanol–water partition coefficient (Wildman–Crippen LogP) is 4.04. The Morgan fingerprint density at radius 3 is 2.45 bits per heavy atom. The molecule has 0 aliphatic rings. The summed E-state index contributed by atoms with van der Waals surface area (Å²) in [6, 6.07) is 24.1. The van der Waals surface area contributed by atoms with Gasteiger partial charge in [0.15, 0.2) is 0 Å². The fourth-order valence-electron chi connectivity index (χ4n) is 2.51. The third-order valence-electron chi connectivity index (χ3n) is 3.96. The van der Waals surface area contributed by atoms with E-state index >= 15 is 0 Å². The first-order valence-corrected chi connectivity index (χ1v) is 9.02. The predicted molar refractivity (Wildman–Crippen MR) is 113 cm³/mol. The van der Waals surface area contributed by atoms with Gasteiger partial charge in [-0.2, -0.15) is 5.10 Å². The summed E-state index contributed by atoms with van der Waals surface area (Å²) in [6.07, 6.45) is 6.73. The number of hydrogen-bond acceptors (Lipinski definition) is 4. The van der Waals surface area contributed by atoms with Crippen molar-refractivity contribution in [2.45, 2.75) is 6.61 Å². The lowest BCUT2D eigenvalue weighted by Gasteiger charge is -2.07. The van der Waals surface area contributed by atoms with E-state index in [9.17, 15) is 4.79 Å². The number of para-hydroxylation sites is 1. The standard InChI is InChI=1S/C24H20N2O3/c1-2-16-28-23-11-7-6-10-21(23)17-25-26-24(27)20-12-14-22(15-13-20)29-18-19-8-4-3-5-9-19/h1,3-15,17H,16,18H2,(H,26,27). The average Bonchev–Trinajstić information content (AvgIpc) is 2.78. The molecule has 3 aromatic carbocycles. The summed E-state index contributed by atoms with van der Waals surface area (Å²) < 4.78 is 11.2. The van der Waals surface area contributed by atoms with Crippen molar-refractivity contribution in [2.75, 3.05) is 6.61 Å². The lowest BCUT2D eigenvalue weighted by Crippen LogP contribution is -2.17. The number of rotatable bonds is 8. The molecule has 0 aliphatic carbocycles. The highest BCUT2D eigenvalue weighted by Gasteiger charge is 2.05. The lowest BCUT2D eigenvalue weighted by atomic mass is 10.2. The molecule has 0 aliphatic heterocycles. The van der Waals surface area contributed by atoms with Gasteiger partial charge in [-0.15, -0.1) is 6.42 Å². The van der Waals surface area contributed by atoms with E-state index in [1.165, 1.54) is 6.21 Å². The minimum absolute atomic E-state index is 0.163. The fraction of sp³-hybridized carbons (Fsp3) is 0.0833. The van der Waals surface area contributed by atoms with Crippen molar-refractivity contribution >= 4 is 12.1 Å². The van der Waals surface area contributed by atoms with Crippen molar-refractivity contribution in [3.05, 3.63) is 95.6 Å². The van der Waals surface area contributed by atoms with Crippen LogP contribution in [0.25, 0.3) is 0 Å². The van der Waals surface area contributed by atoms with Crippen LogP contribution in [0.15, 0.2) is 84.0 Å². The second-order valence-electron chi connectivity index (χ2n) is 6.03. The highest BCUT2D eigenvalue weighted by molar-refractivity contribution is 5.95. The van der Waals surface area contributed by atoms with Crippen molar-refractivity contribution in [3.8, 4) is 23.8 Å². The molecule has 0 radical (unpaired) electrons. The minimum atomic E-state index is -0.321. The Balaban J connectivity index is 1.54. The number of nitrogens with zero attached hydrogens (tertiary/aromatic N) is 1. The van der Waals surface area contributed by atoms with Crippen LogP contribution in [0.2, 0.25) is 0 Å². The third kappa shape index (κ3) is 5.98. The molecular weight excluding hydrogens is 364 g/mol. The van der Waals surface area contributed by atoms with Gasteiger partial charge in [0.05, 0.1) is 6.21 Å². The Bertz CT molecular complexity index is 1010. The average molecular weight is 384 g/mol. The molecular formula is C24H20N2O3. The van der Waals surface area contributed by atoms with Crippen LogP contribution in [0.1, 0.15) is 21.5 Å². The van der Waals surface area contributed by atoms with E-state index in [0.717, 1.165) is 5.56 Å². The highest BCUT2D eigenvalue weighted by Crippen LogP contribution is 2.16. The Hall–Kier alpha value is -4.04. The molecule has 0 saturated carbocycles. The maximum Gasteiger partial charge on any atom is 0.271 e. The zero-order chi connectivity index (χ0) is 20.3. The topological polar surface area (TPSA) is 59.9 Å². The van der Waals surface area contributed by atoms with E-state index in [1.807, 2.05) is 48.5 Å². The molecule has 5 nitrogen and oxygen atoms in total. The largest absolute Gasteiger partial charge is 0.489 e. The molecule has 1 amide bonds. The number of carbonyl (C=O) groups is 1. The van der Waals surface area contributed by atoms with E-state index in [0.29, 0.717) is 29.2 Å². The van der Waals surface area contributed by atoms with Crippen LogP contribution in [-0.2, 0) is 6.61 Å². The summed E-state index contributed by atoms with van der Waals surface area (Å²) in [5.41, 5.74) is 4.77. The van der Waals surface area contributed by atoms with E-state index in [4.69, 9.17) is 15.9 Å². The summed E-state index contributed by atoms with van der Waals surface area (Å²) in [5.74, 6) is 3.38. The number of benzene rings is 3. The number of ether oxygens (including phenoxy) is 2. The van der Waals surface area contributed by atoms with Crippen LogP contribution < -0.4 is 14.9 Å². The minimum Gasteiger partial charge on any atom is -0.489 e. The molecule has 0 aromatic heterocycles. The van der Waals surface area contributed by atoms with Crippen LogP contribution >= 0.6 is 0 Å². The Morgan fingerprint density at radius 1 is 0.966 bits per heavy atom. The SMILES string of the molecule is C#CCOc1ccccc1C=NNC(=O)c1ccc(OCc2ccccc2)cc1. The second-order valence-corrected chi connectivity index (χ2v) is 6.03. The Morgan fingerprint density at radius 2 is 1.69 bits per heavy atom. The van der Waals surface area contributed by atoms with Gasteiger partial charge in [0.25, 0.3) is 5.91 Å². The van der Waals surface area contributed by atoms with E-state index in [-0.39, 0.29) is 12.5 Å². The molecule has 0 heterocycles. The van der Waals surface area contributed by atoms with Gasteiger partial charge in [0, 0.05) is 11.1 Å². The van der Waals surface area contributed by atoms with Crippen LogP contribution in [0.3, 0.4) is 0 Å². The summed E-state index contributed by atoms with van der Waals surface area (Å²) in [7, 11) is 0. The Kier molecular flexibility index (Phi) is 7.03. The van der Waals surface area contributed by atoms with E-state index < -0.39 is 0 Å². The molecule has 0 fully saturated rings. The zero-order valence-electron chi connectivity index (χ0n) is 15.7. The molecule has 5 heteroatoms. The molecule has 1 N–H and O–H groups in total. The van der Waals surface area contributed by atoms with Gasteiger partial charge < -0.3 is 9.47 Å². The summed E-state index contributed by atoms with van der Waals surface area (Å²) in [5, 5.41) is 4.00. The third-order valence-corrected chi connectivity index (χ3v) is 3.96. The number of amides is 1. The van der Waals surface area contributed by atoms with Crippen molar-refractivity contribution in [3.63, 3.8) is 0 Å². The molecule has 3 aromatic rings. The van der Waals surface area contributed by atoms with Gasteiger partial charge in [0.1, 0.15) is 24.7 Å². The van der Waals surface area contributed by atoms with Crippen molar-refractivity contribution < 1.29 is 14.3 Å². The monoisotopic (exact) mass is 384 g/mol. The highest BCUT2D eigenvalue weighted by atomic mass is 16.5. The number of nitrogens with one attached hydrogen (secondary N) is 1. The molecule has 0 bridgehead atoms. The number of hydrazone groups is 1. The summed E-state index contributed by atoms with van der Waals surface area (Å²) >= 11 is 0. The van der Waals surface area contributed by atoms with Gasteiger partial charge in [-0.3, -0.25) is 4.79 Å². The smallest absolute Gasteiger partial charge is 0.271 e. The van der Waals surface area contributed by atoms with Crippen molar-refractivity contribution in [1.82, 2.24) is 5.43 Å². The quantitative estimate of drug-likeness (QED) is 0.362. The van der Waals surface area contributed by atoms with E-state index in [2.05, 4.69) is 16.4 Å². The zero-order valence-corrected chi connectivity index (χ0v) is 15.7. The van der Waals surface area contributed by atoms with Crippen LogP contribution in [-0.4, -0.2) is 18.7 Å². The van der Waals surface area contributed by atoms with Gasteiger partial charge in [-0.1, -0.05) is 48.4 Å². The number of hydrogen-bond donors (Lipinski definition) is 1. The van der Waals surface area contributed by atoms with Crippen LogP contribution in [0.5, 0.6) is 11.5 Å².